The molecule has 0 spiro atoms. The average molecular weight is 412 g/mol. The molecule has 1 amide bonds. The number of amides is 1. The highest BCUT2D eigenvalue weighted by atomic mass is 32.2. The number of carbonyl (C=O) groups is 2. The van der Waals surface area contributed by atoms with E-state index in [9.17, 15) is 14.7 Å². The largest absolute Gasteiger partial charge is 0.504 e. The third-order valence-corrected chi connectivity index (χ3v) is 5.19. The molecule has 0 aromatic heterocycles. The Balaban J connectivity index is 1.86. The van der Waals surface area contributed by atoms with Gasteiger partial charge in [0.15, 0.2) is 16.7 Å². The number of esters is 1. The number of rotatable bonds is 5. The molecule has 150 valence electrons. The number of aliphatic imine (C=N–C) groups is 1. The van der Waals surface area contributed by atoms with Gasteiger partial charge in [0.05, 0.1) is 29.9 Å². The Bertz CT molecular complexity index is 999. The van der Waals surface area contributed by atoms with Crippen molar-refractivity contribution in [2.24, 2.45) is 4.99 Å². The lowest BCUT2D eigenvalue weighted by atomic mass is 10.1. The highest BCUT2D eigenvalue weighted by Crippen LogP contribution is 2.37. The van der Waals surface area contributed by atoms with Crippen LogP contribution >= 0.6 is 11.8 Å². The van der Waals surface area contributed by atoms with Crippen LogP contribution in [0, 0.1) is 0 Å². The van der Waals surface area contributed by atoms with Crippen LogP contribution in [0.15, 0.2) is 52.4 Å². The topological polar surface area (TPSA) is 88.4 Å². The third kappa shape index (κ3) is 4.43. The second-order valence-corrected chi connectivity index (χ2v) is 7.04. The van der Waals surface area contributed by atoms with Crippen molar-refractivity contribution in [3.63, 3.8) is 0 Å². The molecule has 0 saturated carbocycles. The zero-order valence-corrected chi connectivity index (χ0v) is 17.0. The lowest BCUT2D eigenvalue weighted by Gasteiger charge is -2.08. The van der Waals surface area contributed by atoms with E-state index >= 15 is 0 Å². The van der Waals surface area contributed by atoms with Crippen LogP contribution in [0.4, 0.5) is 5.69 Å². The van der Waals surface area contributed by atoms with Crippen LogP contribution in [0.3, 0.4) is 0 Å². The summed E-state index contributed by atoms with van der Waals surface area (Å²) in [5.41, 5.74) is 1.51. The second kappa shape index (κ2) is 8.83. The number of ether oxygens (including phenoxy) is 2. The van der Waals surface area contributed by atoms with E-state index in [2.05, 4.69) is 9.73 Å². The van der Waals surface area contributed by atoms with E-state index < -0.39 is 5.97 Å². The Morgan fingerprint density at radius 1 is 1.24 bits per heavy atom. The molecule has 2 aromatic rings. The molecule has 0 unspecified atom stereocenters. The van der Waals surface area contributed by atoms with Gasteiger partial charge in [0.25, 0.3) is 5.91 Å². The van der Waals surface area contributed by atoms with Crippen LogP contribution in [-0.4, -0.2) is 47.8 Å². The zero-order valence-electron chi connectivity index (χ0n) is 16.2. The highest BCUT2D eigenvalue weighted by Gasteiger charge is 2.30. The first-order valence-corrected chi connectivity index (χ1v) is 9.65. The molecule has 2 aromatic carbocycles. The molecule has 7 nitrogen and oxygen atoms in total. The molecule has 8 heteroatoms. The van der Waals surface area contributed by atoms with Gasteiger partial charge in [-0.05, 0) is 55.1 Å². The number of nitrogens with zero attached hydrogens (tertiary/aromatic N) is 2. The number of amidine groups is 1. The molecule has 1 N–H and O–H groups in total. The summed E-state index contributed by atoms with van der Waals surface area (Å²) in [7, 11) is 2.95. The molecule has 1 saturated heterocycles. The second-order valence-electron chi connectivity index (χ2n) is 6.03. The number of carbonyl (C=O) groups excluding carboxylic acids is 2. The van der Waals surface area contributed by atoms with Crippen molar-refractivity contribution in [2.45, 2.75) is 6.92 Å². The van der Waals surface area contributed by atoms with Crippen LogP contribution in [0.2, 0.25) is 0 Å². The third-order valence-electron chi connectivity index (χ3n) is 4.13. The minimum Gasteiger partial charge on any atom is -0.504 e. The van der Waals surface area contributed by atoms with Gasteiger partial charge in [0, 0.05) is 12.6 Å². The lowest BCUT2D eigenvalue weighted by Crippen LogP contribution is -2.23. The Morgan fingerprint density at radius 2 is 1.97 bits per heavy atom. The van der Waals surface area contributed by atoms with Crippen molar-refractivity contribution in [3.8, 4) is 11.5 Å². The minimum atomic E-state index is -0.425. The van der Waals surface area contributed by atoms with Gasteiger partial charge < -0.3 is 14.6 Å². The molecule has 29 heavy (non-hydrogen) atoms. The number of phenolic OH excluding ortho intramolecular Hbond substituents is 1. The van der Waals surface area contributed by atoms with Gasteiger partial charge >= 0.3 is 5.97 Å². The van der Waals surface area contributed by atoms with Crippen LogP contribution in [-0.2, 0) is 9.53 Å². The summed E-state index contributed by atoms with van der Waals surface area (Å²) >= 11 is 1.20. The van der Waals surface area contributed by atoms with Crippen LogP contribution in [0.25, 0.3) is 6.08 Å². The maximum atomic E-state index is 12.6. The van der Waals surface area contributed by atoms with Gasteiger partial charge in [0.1, 0.15) is 0 Å². The Morgan fingerprint density at radius 3 is 2.62 bits per heavy atom. The molecule has 0 radical (unpaired) electrons. The summed E-state index contributed by atoms with van der Waals surface area (Å²) in [5.74, 6) is -0.292. The average Bonchev–Trinajstić information content (AvgIpc) is 2.99. The quantitative estimate of drug-likeness (QED) is 0.593. The molecule has 1 aliphatic heterocycles. The smallest absolute Gasteiger partial charge is 0.337 e. The fourth-order valence-corrected chi connectivity index (χ4v) is 3.60. The normalized spacial score (nSPS) is 16.5. The zero-order chi connectivity index (χ0) is 21.0. The lowest BCUT2D eigenvalue weighted by molar-refractivity contribution is -0.121. The molecule has 1 heterocycles. The number of methoxy groups -OCH3 is 1. The maximum absolute atomic E-state index is 12.6. The van der Waals surface area contributed by atoms with Crippen LogP contribution < -0.4 is 4.74 Å². The number of benzene rings is 2. The summed E-state index contributed by atoms with van der Waals surface area (Å²) in [6.45, 7) is 2.26. The van der Waals surface area contributed by atoms with Crippen molar-refractivity contribution < 1.29 is 24.2 Å². The summed E-state index contributed by atoms with van der Waals surface area (Å²) in [4.78, 5) is 30.5. The van der Waals surface area contributed by atoms with E-state index in [0.717, 1.165) is 0 Å². The first-order valence-electron chi connectivity index (χ1n) is 8.84. The number of hydrogen-bond donors (Lipinski definition) is 1. The standard InChI is InChI=1S/C21H20N2O5S/c1-4-28-16-7-5-6-14(18(16)24)12-17-19(25)23(2)21(29-17)22-15-10-8-13(9-11-15)20(26)27-3/h5-12,24H,4H2,1-3H3/b17-12-,22-21?. The maximum Gasteiger partial charge on any atom is 0.337 e. The Labute approximate surface area is 172 Å². The fourth-order valence-electron chi connectivity index (χ4n) is 2.62. The molecule has 0 bridgehead atoms. The van der Waals surface area contributed by atoms with E-state index in [-0.39, 0.29) is 11.7 Å². The Kier molecular flexibility index (Phi) is 6.23. The highest BCUT2D eigenvalue weighted by molar-refractivity contribution is 8.18. The first kappa shape index (κ1) is 20.5. The number of aromatic hydroxyl groups is 1. The van der Waals surface area contributed by atoms with E-state index in [0.29, 0.717) is 39.2 Å². The van der Waals surface area contributed by atoms with E-state index in [1.807, 2.05) is 6.92 Å². The number of likely N-dealkylation sites (N-methyl/N-ethyl adjacent to an activating group) is 1. The van der Waals surface area contributed by atoms with Crippen molar-refractivity contribution in [1.82, 2.24) is 4.90 Å². The molecule has 3 rings (SSSR count). The number of phenols is 1. The van der Waals surface area contributed by atoms with Gasteiger partial charge in [-0.2, -0.15) is 0 Å². The van der Waals surface area contributed by atoms with Gasteiger partial charge in [-0.15, -0.1) is 0 Å². The number of hydrogen-bond acceptors (Lipinski definition) is 7. The summed E-state index contributed by atoms with van der Waals surface area (Å²) in [6, 6.07) is 11.7. The number of para-hydroxylation sites is 1. The van der Waals surface area contributed by atoms with Gasteiger partial charge in [-0.25, -0.2) is 9.79 Å². The SMILES string of the molecule is CCOc1cccc(/C=C2\SC(=Nc3ccc(C(=O)OC)cc3)N(C)C2=O)c1O. The minimum absolute atomic E-state index is 0.0123. The predicted octanol–water partition coefficient (Wildman–Crippen LogP) is 3.81. The summed E-state index contributed by atoms with van der Waals surface area (Å²) < 4.78 is 10.1. The van der Waals surface area contributed by atoms with Crippen molar-refractivity contribution >= 4 is 40.6 Å². The summed E-state index contributed by atoms with van der Waals surface area (Å²) in [5, 5.41) is 10.8. The van der Waals surface area contributed by atoms with Crippen LogP contribution in [0.5, 0.6) is 11.5 Å². The monoisotopic (exact) mass is 412 g/mol. The van der Waals surface area contributed by atoms with Gasteiger partial charge in [-0.3, -0.25) is 9.69 Å². The van der Waals surface area contributed by atoms with Gasteiger partial charge in [0.2, 0.25) is 0 Å². The van der Waals surface area contributed by atoms with Crippen molar-refractivity contribution in [3.05, 3.63) is 58.5 Å². The molecular formula is C21H20N2O5S. The first-order chi connectivity index (χ1) is 13.9. The predicted molar refractivity (Wildman–Crippen MR) is 112 cm³/mol. The van der Waals surface area contributed by atoms with E-state index in [1.54, 1.807) is 55.6 Å². The summed E-state index contributed by atoms with van der Waals surface area (Å²) in [6.07, 6.45) is 1.62. The molecular weight excluding hydrogens is 392 g/mol. The molecule has 1 fully saturated rings. The van der Waals surface area contributed by atoms with E-state index in [4.69, 9.17) is 4.74 Å². The van der Waals surface area contributed by atoms with Crippen molar-refractivity contribution in [1.29, 1.82) is 0 Å². The van der Waals surface area contributed by atoms with Crippen molar-refractivity contribution in [2.75, 3.05) is 20.8 Å². The van der Waals surface area contributed by atoms with Crippen LogP contribution in [0.1, 0.15) is 22.8 Å². The molecule has 0 aliphatic carbocycles. The molecule has 1 aliphatic rings. The fraction of sp³-hybridized carbons (Fsp3) is 0.190. The molecule has 0 atom stereocenters. The Hall–Kier alpha value is -3.26. The van der Waals surface area contributed by atoms with E-state index in [1.165, 1.54) is 23.8 Å². The van der Waals surface area contributed by atoms with Gasteiger partial charge in [-0.1, -0.05) is 12.1 Å². The number of thioether (sulfide) groups is 1.